The number of carbonyl (C=O) groups excluding carboxylic acids is 1. The molecule has 0 saturated carbocycles. The Balaban J connectivity index is 0.00000180. The Bertz CT molecular complexity index is 391. The predicted molar refractivity (Wildman–Crippen MR) is 84.7 cm³/mol. The van der Waals surface area contributed by atoms with Crippen molar-refractivity contribution in [2.75, 3.05) is 13.1 Å². The average molecular weight is 323 g/mol. The number of amides is 1. The van der Waals surface area contributed by atoms with Crippen LogP contribution in [-0.2, 0) is 11.3 Å². The molecule has 0 spiro atoms. The number of carbonyl (C=O) groups is 1. The molecule has 1 aliphatic heterocycles. The van der Waals surface area contributed by atoms with Crippen molar-refractivity contribution in [2.45, 2.75) is 45.2 Å². The maximum absolute atomic E-state index is 11.7. The maximum Gasteiger partial charge on any atom is 0.237 e. The van der Waals surface area contributed by atoms with Crippen LogP contribution in [0.2, 0.25) is 0 Å². The zero-order valence-corrected chi connectivity index (χ0v) is 13.4. The molecule has 7 heteroatoms. The van der Waals surface area contributed by atoms with Crippen LogP contribution in [-0.4, -0.2) is 34.6 Å². The molecule has 1 saturated heterocycles. The fourth-order valence-corrected chi connectivity index (χ4v) is 2.29. The second-order valence-electron chi connectivity index (χ2n) is 4.81. The summed E-state index contributed by atoms with van der Waals surface area (Å²) in [4.78, 5) is 15.9. The highest BCUT2D eigenvalue weighted by Crippen LogP contribution is 2.04. The maximum atomic E-state index is 11.7. The van der Waals surface area contributed by atoms with E-state index in [0.717, 1.165) is 51.1 Å². The summed E-state index contributed by atoms with van der Waals surface area (Å²) in [6, 6.07) is 0.0425. The highest BCUT2D eigenvalue weighted by atomic mass is 35.5. The van der Waals surface area contributed by atoms with Crippen LogP contribution in [0.15, 0.2) is 12.4 Å². The molecule has 1 atom stereocenters. The van der Waals surface area contributed by atoms with E-state index in [1.165, 1.54) is 0 Å². The van der Waals surface area contributed by atoms with Gasteiger partial charge in [-0.3, -0.25) is 4.79 Å². The van der Waals surface area contributed by atoms with Crippen LogP contribution in [0.5, 0.6) is 0 Å². The van der Waals surface area contributed by atoms with Crippen LogP contribution < -0.4 is 10.6 Å². The van der Waals surface area contributed by atoms with Crippen molar-refractivity contribution in [1.29, 1.82) is 0 Å². The monoisotopic (exact) mass is 322 g/mol. The summed E-state index contributed by atoms with van der Waals surface area (Å²) in [5.74, 6) is 1.21. The lowest BCUT2D eigenvalue weighted by atomic mass is 10.2. The number of nitrogens with zero attached hydrogens (tertiary/aromatic N) is 2. The molecule has 2 N–H and O–H groups in total. The summed E-state index contributed by atoms with van der Waals surface area (Å²) in [7, 11) is 0. The number of imidazole rings is 1. The smallest absolute Gasteiger partial charge is 0.237 e. The van der Waals surface area contributed by atoms with E-state index in [9.17, 15) is 4.79 Å². The largest absolute Gasteiger partial charge is 0.355 e. The Hall–Kier alpha value is -0.780. The van der Waals surface area contributed by atoms with Gasteiger partial charge in [-0.15, -0.1) is 24.8 Å². The minimum absolute atomic E-state index is 0. The van der Waals surface area contributed by atoms with E-state index >= 15 is 0 Å². The second kappa shape index (κ2) is 10.0. The number of hydrogen-bond acceptors (Lipinski definition) is 3. The summed E-state index contributed by atoms with van der Waals surface area (Å²) < 4.78 is 2.14. The van der Waals surface area contributed by atoms with Gasteiger partial charge in [-0.1, -0.05) is 0 Å². The third-order valence-electron chi connectivity index (χ3n) is 3.43. The third kappa shape index (κ3) is 5.69. The molecule has 0 unspecified atom stereocenters. The zero-order valence-electron chi connectivity index (χ0n) is 11.8. The van der Waals surface area contributed by atoms with Crippen molar-refractivity contribution in [2.24, 2.45) is 0 Å². The fraction of sp³-hybridized carbons (Fsp3) is 0.692. The normalized spacial score (nSPS) is 17.1. The lowest BCUT2D eigenvalue weighted by Gasteiger charge is -2.11. The van der Waals surface area contributed by atoms with Gasteiger partial charge >= 0.3 is 0 Å². The lowest BCUT2D eigenvalue weighted by molar-refractivity contribution is -0.122. The summed E-state index contributed by atoms with van der Waals surface area (Å²) in [6.45, 7) is 4.72. The first-order chi connectivity index (χ1) is 8.77. The molecule has 5 nitrogen and oxygen atoms in total. The molecule has 1 aliphatic rings. The SMILES string of the molecule is Cc1nccn1CCCCNC(=O)[C@@H]1CCCN1.Cl.Cl. The summed E-state index contributed by atoms with van der Waals surface area (Å²) in [5, 5.41) is 6.20. The van der Waals surface area contributed by atoms with Crippen LogP contribution in [0.25, 0.3) is 0 Å². The lowest BCUT2D eigenvalue weighted by Crippen LogP contribution is -2.40. The molecule has 2 rings (SSSR count). The van der Waals surface area contributed by atoms with Crippen LogP contribution in [0.3, 0.4) is 0 Å². The molecule has 0 aromatic carbocycles. The quantitative estimate of drug-likeness (QED) is 0.783. The third-order valence-corrected chi connectivity index (χ3v) is 3.43. The van der Waals surface area contributed by atoms with Crippen molar-refractivity contribution in [1.82, 2.24) is 20.2 Å². The van der Waals surface area contributed by atoms with E-state index in [1.54, 1.807) is 0 Å². The first-order valence-corrected chi connectivity index (χ1v) is 6.76. The number of aryl methyl sites for hydroxylation is 2. The van der Waals surface area contributed by atoms with Crippen molar-refractivity contribution in [3.63, 3.8) is 0 Å². The molecule has 0 radical (unpaired) electrons. The minimum atomic E-state index is 0. The van der Waals surface area contributed by atoms with E-state index in [2.05, 4.69) is 20.2 Å². The number of rotatable bonds is 6. The second-order valence-corrected chi connectivity index (χ2v) is 4.81. The number of unbranched alkanes of at least 4 members (excludes halogenated alkanes) is 1. The Morgan fingerprint density at radius 2 is 2.30 bits per heavy atom. The first-order valence-electron chi connectivity index (χ1n) is 6.76. The molecular formula is C13H24Cl2N4O. The average Bonchev–Trinajstić information content (AvgIpc) is 3.00. The molecule has 116 valence electrons. The number of nitrogens with one attached hydrogen (secondary N) is 2. The van der Waals surface area contributed by atoms with Crippen LogP contribution >= 0.6 is 24.8 Å². The van der Waals surface area contributed by atoms with E-state index in [-0.39, 0.29) is 36.8 Å². The molecule has 1 aromatic heterocycles. The van der Waals surface area contributed by atoms with E-state index in [0.29, 0.717) is 0 Å². The number of aromatic nitrogens is 2. The highest BCUT2D eigenvalue weighted by molar-refractivity contribution is 5.85. The topological polar surface area (TPSA) is 59.0 Å². The van der Waals surface area contributed by atoms with Gasteiger partial charge in [0.05, 0.1) is 6.04 Å². The predicted octanol–water partition coefficient (Wildman–Crippen LogP) is 1.68. The minimum Gasteiger partial charge on any atom is -0.355 e. The molecule has 0 bridgehead atoms. The number of hydrogen-bond donors (Lipinski definition) is 2. The van der Waals surface area contributed by atoms with Gasteiger partial charge in [0.25, 0.3) is 0 Å². The molecule has 0 aliphatic carbocycles. The molecule has 1 fully saturated rings. The summed E-state index contributed by atoms with van der Waals surface area (Å²) in [6.07, 6.45) is 7.98. The van der Waals surface area contributed by atoms with Crippen molar-refractivity contribution in [3.05, 3.63) is 18.2 Å². The van der Waals surface area contributed by atoms with Crippen LogP contribution in [0.1, 0.15) is 31.5 Å². The van der Waals surface area contributed by atoms with Crippen molar-refractivity contribution in [3.8, 4) is 0 Å². The van der Waals surface area contributed by atoms with Gasteiger partial charge in [-0.25, -0.2) is 4.98 Å². The molecule has 1 amide bonds. The van der Waals surface area contributed by atoms with Gasteiger partial charge in [-0.05, 0) is 39.2 Å². The Morgan fingerprint density at radius 1 is 1.50 bits per heavy atom. The van der Waals surface area contributed by atoms with Gasteiger partial charge in [0.2, 0.25) is 5.91 Å². The first kappa shape index (κ1) is 19.2. The molecule has 2 heterocycles. The van der Waals surface area contributed by atoms with Gasteiger partial charge < -0.3 is 15.2 Å². The van der Waals surface area contributed by atoms with Gasteiger partial charge in [0.15, 0.2) is 0 Å². The van der Waals surface area contributed by atoms with Crippen LogP contribution in [0.4, 0.5) is 0 Å². The Kier molecular flexibility index (Phi) is 9.63. The van der Waals surface area contributed by atoms with Crippen molar-refractivity contribution < 1.29 is 4.79 Å². The Labute approximate surface area is 132 Å². The Morgan fingerprint density at radius 3 is 2.90 bits per heavy atom. The van der Waals surface area contributed by atoms with E-state index in [1.807, 2.05) is 19.3 Å². The van der Waals surface area contributed by atoms with Gasteiger partial charge in [0, 0.05) is 25.5 Å². The van der Waals surface area contributed by atoms with Gasteiger partial charge in [-0.2, -0.15) is 0 Å². The van der Waals surface area contributed by atoms with Gasteiger partial charge in [0.1, 0.15) is 5.82 Å². The van der Waals surface area contributed by atoms with E-state index < -0.39 is 0 Å². The number of halogens is 2. The summed E-state index contributed by atoms with van der Waals surface area (Å²) >= 11 is 0. The standard InChI is InChI=1S/C13H22N4O.2ClH/c1-11-14-8-10-17(11)9-3-2-6-16-13(18)12-5-4-7-15-12;;/h8,10,12,15H,2-7,9H2,1H3,(H,16,18);2*1H/t12-;;/m0../s1. The molecule has 1 aromatic rings. The fourth-order valence-electron chi connectivity index (χ4n) is 2.29. The summed E-state index contributed by atoms with van der Waals surface area (Å²) in [5.41, 5.74) is 0. The molecule has 20 heavy (non-hydrogen) atoms. The molecular weight excluding hydrogens is 299 g/mol. The highest BCUT2D eigenvalue weighted by Gasteiger charge is 2.20. The zero-order chi connectivity index (χ0) is 12.8. The van der Waals surface area contributed by atoms with Crippen LogP contribution in [0, 0.1) is 6.92 Å². The van der Waals surface area contributed by atoms with E-state index in [4.69, 9.17) is 0 Å². The van der Waals surface area contributed by atoms with Crippen molar-refractivity contribution >= 4 is 30.7 Å².